The molecule has 5 aliphatic rings. The summed E-state index contributed by atoms with van der Waals surface area (Å²) >= 11 is 0. The fraction of sp³-hybridized carbons (Fsp3) is 0.935. The van der Waals surface area contributed by atoms with Crippen LogP contribution >= 0.6 is 0 Å². The van der Waals surface area contributed by atoms with Gasteiger partial charge in [0.05, 0.1) is 0 Å². The van der Waals surface area contributed by atoms with Crippen molar-refractivity contribution >= 4 is 11.9 Å². The Hall–Kier alpha value is -1.10. The molecule has 11 unspecified atom stereocenters. The van der Waals surface area contributed by atoms with Gasteiger partial charge in [-0.15, -0.1) is 0 Å². The first kappa shape index (κ1) is 26.5. The molecular formula is C31H50O5. The lowest BCUT2D eigenvalue weighted by atomic mass is 9.43. The molecule has 0 N–H and O–H groups in total. The lowest BCUT2D eigenvalue weighted by Crippen LogP contribution is -2.64. The lowest BCUT2D eigenvalue weighted by Gasteiger charge is -2.61. The van der Waals surface area contributed by atoms with Gasteiger partial charge in [-0.25, -0.2) is 0 Å². The van der Waals surface area contributed by atoms with Crippen molar-refractivity contribution in [2.24, 2.45) is 46.3 Å². The summed E-state index contributed by atoms with van der Waals surface area (Å²) in [6.07, 6.45) is 11.4. The SMILES string of the molecule is CC(=O)OC1CCC2(C)C3CCC4(C)C(C(C)CCCC(C)C)CCC4C3CC(OC(C)=O)C23OC13. The van der Waals surface area contributed by atoms with Gasteiger partial charge in [-0.05, 0) is 85.9 Å². The maximum atomic E-state index is 12.3. The van der Waals surface area contributed by atoms with Gasteiger partial charge < -0.3 is 14.2 Å². The molecule has 36 heavy (non-hydrogen) atoms. The van der Waals surface area contributed by atoms with Crippen LogP contribution in [0.15, 0.2) is 0 Å². The highest BCUT2D eigenvalue weighted by atomic mass is 16.7. The third-order valence-electron chi connectivity index (χ3n) is 11.9. The van der Waals surface area contributed by atoms with Crippen LogP contribution in [-0.2, 0) is 23.8 Å². The van der Waals surface area contributed by atoms with Crippen molar-refractivity contribution in [1.29, 1.82) is 0 Å². The number of fused-ring (bicyclic) bond motifs is 4. The summed E-state index contributed by atoms with van der Waals surface area (Å²) in [5, 5.41) is 0. The molecule has 4 saturated carbocycles. The summed E-state index contributed by atoms with van der Waals surface area (Å²) in [4.78, 5) is 24.1. The Kier molecular flexibility index (Phi) is 6.83. The third-order valence-corrected chi connectivity index (χ3v) is 11.9. The van der Waals surface area contributed by atoms with Gasteiger partial charge >= 0.3 is 11.9 Å². The highest BCUT2D eigenvalue weighted by Crippen LogP contribution is 2.74. The summed E-state index contributed by atoms with van der Waals surface area (Å²) in [5.74, 6) is 3.76. The average molecular weight is 503 g/mol. The van der Waals surface area contributed by atoms with E-state index in [-0.39, 0.29) is 35.7 Å². The molecule has 11 atom stereocenters. The fourth-order valence-corrected chi connectivity index (χ4v) is 10.4. The first-order chi connectivity index (χ1) is 16.9. The molecule has 5 fully saturated rings. The van der Waals surface area contributed by atoms with Gasteiger partial charge in [0, 0.05) is 19.3 Å². The van der Waals surface area contributed by atoms with Gasteiger partial charge in [0.25, 0.3) is 0 Å². The van der Waals surface area contributed by atoms with Gasteiger partial charge in [-0.1, -0.05) is 53.9 Å². The zero-order chi connectivity index (χ0) is 26.0. The number of hydrogen-bond acceptors (Lipinski definition) is 5. The number of esters is 2. The molecule has 0 aromatic carbocycles. The minimum absolute atomic E-state index is 0.0420. The van der Waals surface area contributed by atoms with Crippen LogP contribution in [0.25, 0.3) is 0 Å². The van der Waals surface area contributed by atoms with Crippen molar-refractivity contribution < 1.29 is 23.8 Å². The quantitative estimate of drug-likeness (QED) is 0.286. The van der Waals surface area contributed by atoms with E-state index in [2.05, 4.69) is 34.6 Å². The van der Waals surface area contributed by atoms with Crippen molar-refractivity contribution in [1.82, 2.24) is 0 Å². The van der Waals surface area contributed by atoms with Crippen LogP contribution in [0.5, 0.6) is 0 Å². The Bertz CT molecular complexity index is 869. The Morgan fingerprint density at radius 1 is 0.917 bits per heavy atom. The van der Waals surface area contributed by atoms with E-state index < -0.39 is 5.60 Å². The van der Waals surface area contributed by atoms with E-state index in [4.69, 9.17) is 14.2 Å². The maximum absolute atomic E-state index is 12.3. The second-order valence-corrected chi connectivity index (χ2v) is 14.2. The fourth-order valence-electron chi connectivity index (χ4n) is 10.4. The molecule has 0 amide bonds. The van der Waals surface area contributed by atoms with Crippen molar-refractivity contribution in [2.75, 3.05) is 0 Å². The second kappa shape index (κ2) is 9.27. The van der Waals surface area contributed by atoms with Crippen LogP contribution in [0.3, 0.4) is 0 Å². The molecule has 1 saturated heterocycles. The first-order valence-corrected chi connectivity index (χ1v) is 15.0. The minimum Gasteiger partial charge on any atom is -0.460 e. The van der Waals surface area contributed by atoms with Crippen molar-refractivity contribution in [3.8, 4) is 0 Å². The number of hydrogen-bond donors (Lipinski definition) is 0. The standard InChI is InChI=1S/C31H50O5/c1-18(2)9-8-10-19(3)23-11-12-24-22-17-27(35-21(5)33)31-28(36-31)26(34-20(4)32)14-16-30(31,7)25(22)13-15-29(23,24)6/h18-19,22-28H,8-17H2,1-7H3. The molecule has 204 valence electrons. The number of carbonyl (C=O) groups is 2. The van der Waals surface area contributed by atoms with Gasteiger partial charge in [-0.2, -0.15) is 0 Å². The van der Waals surface area contributed by atoms with Crippen molar-refractivity contribution in [3.05, 3.63) is 0 Å². The Morgan fingerprint density at radius 2 is 1.64 bits per heavy atom. The molecule has 5 heteroatoms. The van der Waals surface area contributed by atoms with Crippen LogP contribution in [0.2, 0.25) is 0 Å². The van der Waals surface area contributed by atoms with Crippen LogP contribution in [0, 0.1) is 46.3 Å². The van der Waals surface area contributed by atoms with Crippen LogP contribution in [0.1, 0.15) is 113 Å². The summed E-state index contributed by atoms with van der Waals surface area (Å²) in [5.41, 5.74) is -0.146. The smallest absolute Gasteiger partial charge is 0.303 e. The molecule has 4 aliphatic carbocycles. The highest BCUT2D eigenvalue weighted by molar-refractivity contribution is 5.67. The topological polar surface area (TPSA) is 65.1 Å². The Morgan fingerprint density at radius 3 is 2.31 bits per heavy atom. The van der Waals surface area contributed by atoms with E-state index in [1.165, 1.54) is 58.8 Å². The molecule has 0 aromatic rings. The van der Waals surface area contributed by atoms with E-state index in [1.54, 1.807) is 0 Å². The summed E-state index contributed by atoms with van der Waals surface area (Å²) in [6, 6.07) is 0. The maximum Gasteiger partial charge on any atom is 0.303 e. The largest absolute Gasteiger partial charge is 0.460 e. The van der Waals surface area contributed by atoms with E-state index in [1.807, 2.05) is 0 Å². The van der Waals surface area contributed by atoms with Gasteiger partial charge in [0.15, 0.2) is 0 Å². The Balaban J connectivity index is 1.39. The normalized spacial score (nSPS) is 47.7. The molecular weight excluding hydrogens is 452 g/mol. The monoisotopic (exact) mass is 502 g/mol. The van der Waals surface area contributed by atoms with E-state index in [0.29, 0.717) is 23.2 Å². The summed E-state index contributed by atoms with van der Waals surface area (Å²) in [6.45, 7) is 15.2. The zero-order valence-electron chi connectivity index (χ0n) is 23.8. The predicted octanol–water partition coefficient (Wildman–Crippen LogP) is 6.71. The molecule has 5 nitrogen and oxygen atoms in total. The number of epoxide rings is 1. The minimum atomic E-state index is -0.492. The van der Waals surface area contributed by atoms with Crippen molar-refractivity contribution in [2.45, 2.75) is 137 Å². The number of rotatable bonds is 7. The molecule has 1 aliphatic heterocycles. The predicted molar refractivity (Wildman–Crippen MR) is 139 cm³/mol. The van der Waals surface area contributed by atoms with Gasteiger partial charge in [0.2, 0.25) is 0 Å². The molecule has 1 spiro atoms. The first-order valence-electron chi connectivity index (χ1n) is 15.0. The van der Waals surface area contributed by atoms with Crippen LogP contribution < -0.4 is 0 Å². The van der Waals surface area contributed by atoms with E-state index in [0.717, 1.165) is 37.0 Å². The highest BCUT2D eigenvalue weighted by Gasteiger charge is 2.81. The summed E-state index contributed by atoms with van der Waals surface area (Å²) in [7, 11) is 0. The molecule has 0 bridgehead atoms. The second-order valence-electron chi connectivity index (χ2n) is 14.2. The average Bonchev–Trinajstić information content (AvgIpc) is 3.45. The van der Waals surface area contributed by atoms with Crippen molar-refractivity contribution in [3.63, 3.8) is 0 Å². The molecule has 0 aromatic heterocycles. The van der Waals surface area contributed by atoms with Crippen LogP contribution in [0.4, 0.5) is 0 Å². The number of carbonyl (C=O) groups excluding carboxylic acids is 2. The van der Waals surface area contributed by atoms with Gasteiger partial charge in [0.1, 0.15) is 23.9 Å². The van der Waals surface area contributed by atoms with Crippen LogP contribution in [-0.4, -0.2) is 35.9 Å². The third kappa shape index (κ3) is 3.96. The molecule has 5 rings (SSSR count). The summed E-state index contributed by atoms with van der Waals surface area (Å²) < 4.78 is 18.3. The molecule has 1 heterocycles. The van der Waals surface area contributed by atoms with Gasteiger partial charge in [-0.3, -0.25) is 9.59 Å². The number of ether oxygens (including phenoxy) is 3. The van der Waals surface area contributed by atoms with E-state index >= 15 is 0 Å². The lowest BCUT2D eigenvalue weighted by molar-refractivity contribution is -0.190. The van der Waals surface area contributed by atoms with E-state index in [9.17, 15) is 9.59 Å². The molecule has 0 radical (unpaired) electrons. The zero-order valence-corrected chi connectivity index (χ0v) is 23.8. The Labute approximate surface area is 218 Å².